The smallest absolute Gasteiger partial charge is 0.229 e. The third-order valence-corrected chi connectivity index (χ3v) is 4.87. The Labute approximate surface area is 202 Å². The molecular formula is C21H25ClN8O2S. The zero-order valence-corrected chi connectivity index (χ0v) is 20.3. The summed E-state index contributed by atoms with van der Waals surface area (Å²) in [4.78, 5) is 20.5. The topological polar surface area (TPSA) is 121 Å². The summed E-state index contributed by atoms with van der Waals surface area (Å²) < 4.78 is 10.7. The SMILES string of the molecule is COc1cc(NC(=S)NC(=NCCc2cnc[nH]2)Nc2nc(C)cc(C)n2)c(OC)cc1Cl. The summed E-state index contributed by atoms with van der Waals surface area (Å²) in [5, 5.41) is 9.95. The summed E-state index contributed by atoms with van der Waals surface area (Å²) >= 11 is 11.7. The van der Waals surface area contributed by atoms with Gasteiger partial charge in [0.05, 0.1) is 31.3 Å². The van der Waals surface area contributed by atoms with Gasteiger partial charge in [0.2, 0.25) is 11.9 Å². The lowest BCUT2D eigenvalue weighted by Crippen LogP contribution is -2.39. The number of nitrogens with zero attached hydrogens (tertiary/aromatic N) is 4. The third kappa shape index (κ3) is 7.02. The van der Waals surface area contributed by atoms with Gasteiger partial charge in [-0.3, -0.25) is 10.3 Å². The maximum absolute atomic E-state index is 6.19. The summed E-state index contributed by atoms with van der Waals surface area (Å²) in [5.41, 5.74) is 3.22. The highest BCUT2D eigenvalue weighted by atomic mass is 35.5. The fraction of sp³-hybridized carbons (Fsp3) is 0.286. The first-order valence-corrected chi connectivity index (χ1v) is 10.8. The van der Waals surface area contributed by atoms with Crippen LogP contribution in [0.15, 0.2) is 35.7 Å². The van der Waals surface area contributed by atoms with E-state index in [1.807, 2.05) is 19.9 Å². The fourth-order valence-electron chi connectivity index (χ4n) is 2.93. The lowest BCUT2D eigenvalue weighted by molar-refractivity contribution is 0.405. The van der Waals surface area contributed by atoms with Crippen molar-refractivity contribution in [1.29, 1.82) is 0 Å². The van der Waals surface area contributed by atoms with Crippen LogP contribution in [0.5, 0.6) is 11.5 Å². The first kappa shape index (κ1) is 24.2. The fourth-order valence-corrected chi connectivity index (χ4v) is 3.36. The first-order valence-electron chi connectivity index (χ1n) is 9.98. The summed E-state index contributed by atoms with van der Waals surface area (Å²) in [6, 6.07) is 5.23. The van der Waals surface area contributed by atoms with Crippen molar-refractivity contribution in [3.05, 3.63) is 52.8 Å². The van der Waals surface area contributed by atoms with E-state index in [-0.39, 0.29) is 5.11 Å². The van der Waals surface area contributed by atoms with Crippen LogP contribution < -0.4 is 25.4 Å². The molecule has 4 N–H and O–H groups in total. The van der Waals surface area contributed by atoms with Crippen LogP contribution in [0.1, 0.15) is 17.1 Å². The molecule has 0 amide bonds. The van der Waals surface area contributed by atoms with Crippen LogP contribution >= 0.6 is 23.8 Å². The van der Waals surface area contributed by atoms with Gasteiger partial charge >= 0.3 is 0 Å². The summed E-state index contributed by atoms with van der Waals surface area (Å²) in [5.74, 6) is 1.79. The van der Waals surface area contributed by atoms with Crippen LogP contribution in [-0.2, 0) is 6.42 Å². The lowest BCUT2D eigenvalue weighted by Gasteiger charge is -2.17. The van der Waals surface area contributed by atoms with Gasteiger partial charge in [-0.2, -0.15) is 0 Å². The van der Waals surface area contributed by atoms with Crippen LogP contribution in [0.2, 0.25) is 5.02 Å². The molecule has 2 heterocycles. The molecule has 0 aliphatic rings. The maximum Gasteiger partial charge on any atom is 0.229 e. The molecule has 0 radical (unpaired) electrons. The number of aryl methyl sites for hydroxylation is 2. The zero-order valence-electron chi connectivity index (χ0n) is 18.7. The lowest BCUT2D eigenvalue weighted by atomic mass is 10.2. The number of nitrogens with one attached hydrogen (secondary N) is 4. The van der Waals surface area contributed by atoms with Crippen molar-refractivity contribution in [2.24, 2.45) is 4.99 Å². The number of guanidine groups is 1. The number of aliphatic imine (C=N–C) groups is 1. The molecular weight excluding hydrogens is 464 g/mol. The number of hydrogen-bond donors (Lipinski definition) is 4. The number of benzene rings is 1. The molecule has 0 saturated heterocycles. The molecule has 3 rings (SSSR count). The molecule has 0 aliphatic carbocycles. The highest BCUT2D eigenvalue weighted by Crippen LogP contribution is 2.35. The van der Waals surface area contributed by atoms with Crippen molar-refractivity contribution >= 4 is 46.5 Å². The molecule has 174 valence electrons. The predicted octanol–water partition coefficient (Wildman–Crippen LogP) is 3.48. The van der Waals surface area contributed by atoms with Gasteiger partial charge in [0, 0.05) is 48.4 Å². The molecule has 12 heteroatoms. The normalized spacial score (nSPS) is 11.1. The van der Waals surface area contributed by atoms with Crippen molar-refractivity contribution in [3.63, 3.8) is 0 Å². The third-order valence-electron chi connectivity index (χ3n) is 4.37. The number of methoxy groups -OCH3 is 2. The zero-order chi connectivity index (χ0) is 23.8. The van der Waals surface area contributed by atoms with E-state index >= 15 is 0 Å². The average molecular weight is 489 g/mol. The Morgan fingerprint density at radius 3 is 2.45 bits per heavy atom. The van der Waals surface area contributed by atoms with E-state index < -0.39 is 0 Å². The number of aromatic nitrogens is 4. The van der Waals surface area contributed by atoms with E-state index in [1.54, 1.807) is 31.8 Å². The number of thiocarbonyl (C=S) groups is 1. The minimum Gasteiger partial charge on any atom is -0.495 e. The Morgan fingerprint density at radius 2 is 1.82 bits per heavy atom. The highest BCUT2D eigenvalue weighted by molar-refractivity contribution is 7.80. The molecule has 10 nitrogen and oxygen atoms in total. The standard InChI is InChI=1S/C21H25ClN8O2S/c1-12-7-13(2)27-20(26-12)29-19(24-6-5-14-10-23-11-25-14)30-21(33)28-16-9-17(31-3)15(22)8-18(16)32-4/h7-11H,5-6H2,1-4H3,(H,23,25)(H3,24,26,27,28,29,30,33). The second-order valence-electron chi connectivity index (χ2n) is 6.92. The van der Waals surface area contributed by atoms with E-state index in [1.165, 1.54) is 7.11 Å². The van der Waals surface area contributed by atoms with E-state index in [0.717, 1.165) is 17.1 Å². The molecule has 0 unspecified atom stereocenters. The molecule has 0 spiro atoms. The number of rotatable bonds is 7. The minimum absolute atomic E-state index is 0.273. The molecule has 1 aromatic carbocycles. The van der Waals surface area contributed by atoms with Crippen LogP contribution in [-0.4, -0.2) is 51.8 Å². The molecule has 0 bridgehead atoms. The maximum atomic E-state index is 6.19. The van der Waals surface area contributed by atoms with Crippen LogP contribution in [0.4, 0.5) is 11.6 Å². The van der Waals surface area contributed by atoms with Crippen molar-refractivity contribution in [2.75, 3.05) is 31.4 Å². The number of H-pyrrole nitrogens is 1. The van der Waals surface area contributed by atoms with E-state index in [0.29, 0.717) is 47.1 Å². The second kappa shape index (κ2) is 11.4. The monoisotopic (exact) mass is 488 g/mol. The van der Waals surface area contributed by atoms with Gasteiger partial charge in [-0.15, -0.1) is 0 Å². The number of aromatic amines is 1. The number of hydrogen-bond acceptors (Lipinski definition) is 7. The van der Waals surface area contributed by atoms with Gasteiger partial charge < -0.3 is 25.1 Å². The van der Waals surface area contributed by atoms with E-state index in [9.17, 15) is 0 Å². The van der Waals surface area contributed by atoms with Gasteiger partial charge in [0.1, 0.15) is 11.5 Å². The van der Waals surface area contributed by atoms with Crippen molar-refractivity contribution < 1.29 is 9.47 Å². The largest absolute Gasteiger partial charge is 0.495 e. The summed E-state index contributed by atoms with van der Waals surface area (Å²) in [6.07, 6.45) is 4.06. The van der Waals surface area contributed by atoms with Crippen molar-refractivity contribution in [1.82, 2.24) is 25.3 Å². The van der Waals surface area contributed by atoms with Crippen LogP contribution in [0.25, 0.3) is 0 Å². The van der Waals surface area contributed by atoms with E-state index in [4.69, 9.17) is 33.3 Å². The van der Waals surface area contributed by atoms with Crippen molar-refractivity contribution in [3.8, 4) is 11.5 Å². The average Bonchev–Trinajstić information content (AvgIpc) is 3.27. The molecule has 3 aromatic rings. The van der Waals surface area contributed by atoms with E-state index in [2.05, 4.69) is 40.9 Å². The van der Waals surface area contributed by atoms with Crippen molar-refractivity contribution in [2.45, 2.75) is 20.3 Å². The highest BCUT2D eigenvalue weighted by Gasteiger charge is 2.13. The van der Waals surface area contributed by atoms with Gasteiger partial charge in [-0.25, -0.2) is 15.0 Å². The predicted molar refractivity (Wildman–Crippen MR) is 134 cm³/mol. The van der Waals surface area contributed by atoms with Crippen LogP contribution in [0.3, 0.4) is 0 Å². The molecule has 0 aliphatic heterocycles. The Morgan fingerprint density at radius 1 is 1.09 bits per heavy atom. The molecule has 33 heavy (non-hydrogen) atoms. The molecule has 0 fully saturated rings. The molecule has 0 atom stereocenters. The quantitative estimate of drug-likeness (QED) is 0.225. The Bertz CT molecular complexity index is 1120. The molecule has 0 saturated carbocycles. The number of halogens is 1. The minimum atomic E-state index is 0.273. The Kier molecular flexibility index (Phi) is 8.39. The number of ether oxygens (including phenoxy) is 2. The molecule has 2 aromatic heterocycles. The summed E-state index contributed by atoms with van der Waals surface area (Å²) in [7, 11) is 3.08. The van der Waals surface area contributed by atoms with Gasteiger partial charge in [-0.1, -0.05) is 11.6 Å². The van der Waals surface area contributed by atoms with Gasteiger partial charge in [-0.05, 0) is 32.1 Å². The summed E-state index contributed by atoms with van der Waals surface area (Å²) in [6.45, 7) is 4.27. The number of imidazole rings is 1. The van der Waals surface area contributed by atoms with Gasteiger partial charge in [0.15, 0.2) is 5.11 Å². The first-order chi connectivity index (χ1) is 15.9. The number of anilines is 2. The van der Waals surface area contributed by atoms with Gasteiger partial charge in [0.25, 0.3) is 0 Å². The Balaban J connectivity index is 1.77. The second-order valence-corrected chi connectivity index (χ2v) is 7.74. The van der Waals surface area contributed by atoms with Crippen LogP contribution in [0, 0.1) is 13.8 Å². The Hall–Kier alpha value is -3.44.